The highest BCUT2D eigenvalue weighted by Crippen LogP contribution is 2.34. The molecule has 1 amide bonds. The van der Waals surface area contributed by atoms with E-state index in [1.165, 1.54) is 21.3 Å². The van der Waals surface area contributed by atoms with E-state index in [1.807, 2.05) is 0 Å². The number of amides is 1. The van der Waals surface area contributed by atoms with Crippen molar-refractivity contribution in [2.45, 2.75) is 0 Å². The molecule has 0 aliphatic carbocycles. The molecule has 1 aromatic carbocycles. The molecule has 0 spiro atoms. The molecular formula is C10H14N2O4. The van der Waals surface area contributed by atoms with Crippen LogP contribution in [-0.2, 0) is 4.74 Å². The van der Waals surface area contributed by atoms with Gasteiger partial charge in [0.1, 0.15) is 0 Å². The highest BCUT2D eigenvalue weighted by Gasteiger charge is 2.11. The molecule has 0 fully saturated rings. The van der Waals surface area contributed by atoms with E-state index in [1.54, 1.807) is 12.1 Å². The Morgan fingerprint density at radius 1 is 1.19 bits per heavy atom. The Morgan fingerprint density at radius 2 is 1.75 bits per heavy atom. The summed E-state index contributed by atoms with van der Waals surface area (Å²) < 4.78 is 14.6. The van der Waals surface area contributed by atoms with E-state index in [0.717, 1.165) is 0 Å². The number of nitrogens with one attached hydrogen (secondary N) is 1. The average Bonchev–Trinajstić information content (AvgIpc) is 2.30. The van der Waals surface area contributed by atoms with E-state index in [-0.39, 0.29) is 0 Å². The number of anilines is 2. The lowest BCUT2D eigenvalue weighted by atomic mass is 10.2. The van der Waals surface area contributed by atoms with Crippen LogP contribution < -0.4 is 20.5 Å². The van der Waals surface area contributed by atoms with Crippen molar-refractivity contribution in [3.63, 3.8) is 0 Å². The van der Waals surface area contributed by atoms with Gasteiger partial charge in [0, 0.05) is 12.1 Å². The van der Waals surface area contributed by atoms with Crippen molar-refractivity contribution in [1.82, 2.24) is 0 Å². The molecule has 16 heavy (non-hydrogen) atoms. The number of nitrogen functional groups attached to an aromatic ring is 1. The fourth-order valence-corrected chi connectivity index (χ4v) is 1.16. The molecule has 0 aromatic heterocycles. The average molecular weight is 226 g/mol. The van der Waals surface area contributed by atoms with Crippen LogP contribution in [0.3, 0.4) is 0 Å². The van der Waals surface area contributed by atoms with Crippen LogP contribution in [0, 0.1) is 0 Å². The molecule has 1 aromatic rings. The van der Waals surface area contributed by atoms with Crippen LogP contribution in [0.5, 0.6) is 11.5 Å². The molecule has 0 unspecified atom stereocenters. The first-order chi connectivity index (χ1) is 7.62. The smallest absolute Gasteiger partial charge is 0.411 e. The zero-order valence-electron chi connectivity index (χ0n) is 9.37. The first kappa shape index (κ1) is 12.0. The molecule has 0 bridgehead atoms. The van der Waals surface area contributed by atoms with E-state index in [9.17, 15) is 4.79 Å². The van der Waals surface area contributed by atoms with Crippen molar-refractivity contribution in [1.29, 1.82) is 0 Å². The lowest BCUT2D eigenvalue weighted by Crippen LogP contribution is -2.12. The Morgan fingerprint density at radius 3 is 2.25 bits per heavy atom. The SMILES string of the molecule is COC(=O)Nc1cc(OC)c(OC)cc1N. The topological polar surface area (TPSA) is 82.8 Å². The van der Waals surface area contributed by atoms with Crippen LogP contribution in [0.15, 0.2) is 12.1 Å². The third-order valence-electron chi connectivity index (χ3n) is 1.98. The Bertz CT molecular complexity index is 393. The number of hydrogen-bond acceptors (Lipinski definition) is 5. The van der Waals surface area contributed by atoms with Gasteiger partial charge in [0.25, 0.3) is 0 Å². The lowest BCUT2D eigenvalue weighted by molar-refractivity contribution is 0.187. The van der Waals surface area contributed by atoms with Crippen molar-refractivity contribution >= 4 is 17.5 Å². The Kier molecular flexibility index (Phi) is 3.82. The van der Waals surface area contributed by atoms with Crippen molar-refractivity contribution in [2.75, 3.05) is 32.4 Å². The maximum Gasteiger partial charge on any atom is 0.411 e. The molecule has 0 aliphatic heterocycles. The third kappa shape index (κ3) is 2.47. The number of hydrogen-bond donors (Lipinski definition) is 2. The molecule has 1 rings (SSSR count). The lowest BCUT2D eigenvalue weighted by Gasteiger charge is -2.12. The van der Waals surface area contributed by atoms with Gasteiger partial charge in [-0.1, -0.05) is 0 Å². The van der Waals surface area contributed by atoms with Gasteiger partial charge in [-0.3, -0.25) is 5.32 Å². The second-order valence-electron chi connectivity index (χ2n) is 2.91. The number of rotatable bonds is 3. The summed E-state index contributed by atoms with van der Waals surface area (Å²) in [5.74, 6) is 0.971. The van der Waals surface area contributed by atoms with Gasteiger partial charge in [-0.15, -0.1) is 0 Å². The molecule has 6 heteroatoms. The van der Waals surface area contributed by atoms with Gasteiger partial charge in [-0.05, 0) is 0 Å². The summed E-state index contributed by atoms with van der Waals surface area (Å²) >= 11 is 0. The molecule has 0 saturated carbocycles. The van der Waals surface area contributed by atoms with Crippen LogP contribution in [-0.4, -0.2) is 27.4 Å². The Balaban J connectivity index is 3.06. The molecule has 0 radical (unpaired) electrons. The van der Waals surface area contributed by atoms with Crippen molar-refractivity contribution in [3.05, 3.63) is 12.1 Å². The van der Waals surface area contributed by atoms with Crippen molar-refractivity contribution in [2.24, 2.45) is 0 Å². The van der Waals surface area contributed by atoms with Crippen LogP contribution in [0.25, 0.3) is 0 Å². The molecule has 0 atom stereocenters. The predicted octanol–water partition coefficient (Wildman–Crippen LogP) is 1.46. The van der Waals surface area contributed by atoms with Gasteiger partial charge >= 0.3 is 6.09 Å². The van der Waals surface area contributed by atoms with Gasteiger partial charge in [0.05, 0.1) is 32.7 Å². The molecule has 0 saturated heterocycles. The minimum absolute atomic E-state index is 0.364. The molecular weight excluding hydrogens is 212 g/mol. The summed E-state index contributed by atoms with van der Waals surface area (Å²) in [7, 11) is 4.27. The Labute approximate surface area is 93.3 Å². The van der Waals surface area contributed by atoms with Gasteiger partial charge in [0.2, 0.25) is 0 Å². The second-order valence-corrected chi connectivity index (χ2v) is 2.91. The van der Waals surface area contributed by atoms with E-state index >= 15 is 0 Å². The minimum atomic E-state index is -0.598. The predicted molar refractivity (Wildman–Crippen MR) is 60.0 cm³/mol. The van der Waals surface area contributed by atoms with E-state index in [0.29, 0.717) is 22.9 Å². The zero-order valence-corrected chi connectivity index (χ0v) is 9.37. The molecule has 6 nitrogen and oxygen atoms in total. The number of benzene rings is 1. The van der Waals surface area contributed by atoms with Gasteiger partial charge < -0.3 is 19.9 Å². The summed E-state index contributed by atoms with van der Waals surface area (Å²) in [6.07, 6.45) is -0.598. The molecule has 88 valence electrons. The number of ether oxygens (including phenoxy) is 3. The largest absolute Gasteiger partial charge is 0.493 e. The standard InChI is InChI=1S/C10H14N2O4/c1-14-8-4-6(11)7(5-9(8)15-2)12-10(13)16-3/h4-5H,11H2,1-3H3,(H,12,13). The normalized spacial score (nSPS) is 9.44. The van der Waals surface area contributed by atoms with E-state index < -0.39 is 6.09 Å². The monoisotopic (exact) mass is 226 g/mol. The maximum absolute atomic E-state index is 11.0. The van der Waals surface area contributed by atoms with Gasteiger partial charge in [-0.25, -0.2) is 4.79 Å². The second kappa shape index (κ2) is 5.11. The third-order valence-corrected chi connectivity index (χ3v) is 1.98. The fraction of sp³-hybridized carbons (Fsp3) is 0.300. The summed E-state index contributed by atoms with van der Waals surface area (Å²) in [6, 6.07) is 3.12. The summed E-state index contributed by atoms with van der Waals surface area (Å²) in [5.41, 5.74) is 6.49. The Hall–Kier alpha value is -2.11. The highest BCUT2D eigenvalue weighted by molar-refractivity contribution is 5.89. The maximum atomic E-state index is 11.0. The van der Waals surface area contributed by atoms with Gasteiger partial charge in [0.15, 0.2) is 11.5 Å². The number of carbonyl (C=O) groups excluding carboxylic acids is 1. The fourth-order valence-electron chi connectivity index (χ4n) is 1.16. The molecule has 0 heterocycles. The highest BCUT2D eigenvalue weighted by atomic mass is 16.5. The van der Waals surface area contributed by atoms with E-state index in [4.69, 9.17) is 15.2 Å². The first-order valence-electron chi connectivity index (χ1n) is 4.48. The van der Waals surface area contributed by atoms with Crippen LogP contribution >= 0.6 is 0 Å². The van der Waals surface area contributed by atoms with Crippen LogP contribution in [0.4, 0.5) is 16.2 Å². The molecule has 0 aliphatic rings. The van der Waals surface area contributed by atoms with Crippen molar-refractivity contribution < 1.29 is 19.0 Å². The van der Waals surface area contributed by atoms with Gasteiger partial charge in [-0.2, -0.15) is 0 Å². The number of carbonyl (C=O) groups is 1. The van der Waals surface area contributed by atoms with Crippen molar-refractivity contribution in [3.8, 4) is 11.5 Å². The summed E-state index contributed by atoms with van der Waals surface area (Å²) in [5, 5.41) is 2.46. The number of methoxy groups -OCH3 is 3. The summed E-state index contributed by atoms with van der Waals surface area (Å²) in [6.45, 7) is 0. The first-order valence-corrected chi connectivity index (χ1v) is 4.48. The quantitative estimate of drug-likeness (QED) is 0.762. The van der Waals surface area contributed by atoms with Crippen LogP contribution in [0.1, 0.15) is 0 Å². The number of nitrogens with two attached hydrogens (primary N) is 1. The van der Waals surface area contributed by atoms with E-state index in [2.05, 4.69) is 10.1 Å². The van der Waals surface area contributed by atoms with Crippen LogP contribution in [0.2, 0.25) is 0 Å². The summed E-state index contributed by atoms with van der Waals surface area (Å²) in [4.78, 5) is 11.0. The minimum Gasteiger partial charge on any atom is -0.493 e. The molecule has 3 N–H and O–H groups in total. The zero-order chi connectivity index (χ0) is 12.1.